The van der Waals surface area contributed by atoms with Gasteiger partial charge < -0.3 is 14.6 Å². The van der Waals surface area contributed by atoms with E-state index in [9.17, 15) is 9.59 Å². The molecule has 8 heteroatoms. The summed E-state index contributed by atoms with van der Waals surface area (Å²) in [5, 5.41) is 6.89. The Morgan fingerprint density at radius 3 is 2.93 bits per heavy atom. The molecule has 8 nitrogen and oxygen atoms in total. The van der Waals surface area contributed by atoms with Crippen molar-refractivity contribution in [1.29, 1.82) is 0 Å². The maximum atomic E-state index is 13.0. The predicted octanol–water partition coefficient (Wildman–Crippen LogP) is 2.75. The third kappa shape index (κ3) is 2.85. The fourth-order valence-corrected chi connectivity index (χ4v) is 4.03. The Morgan fingerprint density at radius 2 is 2.15 bits per heavy atom. The van der Waals surface area contributed by atoms with E-state index in [1.807, 2.05) is 25.1 Å². The molecule has 1 aliphatic carbocycles. The van der Waals surface area contributed by atoms with Gasteiger partial charge in [-0.15, -0.1) is 0 Å². The smallest absolute Gasteiger partial charge is 0.325 e. The van der Waals surface area contributed by atoms with Crippen LogP contribution in [0.4, 0.5) is 4.79 Å². The minimum atomic E-state index is -0.791. The molecule has 1 aromatic carbocycles. The van der Waals surface area contributed by atoms with Crippen LogP contribution in [-0.2, 0) is 11.3 Å². The van der Waals surface area contributed by atoms with Gasteiger partial charge in [-0.05, 0) is 30.9 Å². The molecule has 4 rings (SSSR count). The highest BCUT2D eigenvalue weighted by molar-refractivity contribution is 6.07. The maximum Gasteiger partial charge on any atom is 0.325 e. The third-order valence-corrected chi connectivity index (χ3v) is 5.61. The number of imide groups is 1. The molecule has 0 radical (unpaired) electrons. The van der Waals surface area contributed by atoms with Crippen molar-refractivity contribution in [2.24, 2.45) is 5.92 Å². The number of benzene rings is 1. The number of nitrogens with one attached hydrogen (secondary N) is 1. The average molecular weight is 370 g/mol. The first kappa shape index (κ1) is 17.5. The zero-order valence-electron chi connectivity index (χ0n) is 15.4. The molecule has 2 heterocycles. The Bertz CT molecular complexity index is 880. The van der Waals surface area contributed by atoms with Crippen LogP contribution in [0, 0.1) is 5.92 Å². The molecular formula is C19H22N4O4. The van der Waals surface area contributed by atoms with Crippen molar-refractivity contribution in [2.45, 2.75) is 44.7 Å². The summed E-state index contributed by atoms with van der Waals surface area (Å²) in [4.78, 5) is 31.0. The van der Waals surface area contributed by atoms with Gasteiger partial charge in [0.25, 0.3) is 5.91 Å². The van der Waals surface area contributed by atoms with E-state index in [1.165, 1.54) is 4.90 Å². The van der Waals surface area contributed by atoms with Crippen LogP contribution >= 0.6 is 0 Å². The van der Waals surface area contributed by atoms with E-state index < -0.39 is 11.6 Å². The van der Waals surface area contributed by atoms with E-state index in [4.69, 9.17) is 9.26 Å². The number of urea groups is 1. The fourth-order valence-electron chi connectivity index (χ4n) is 4.03. The summed E-state index contributed by atoms with van der Waals surface area (Å²) in [5.41, 5.74) is -0.106. The molecule has 1 aromatic heterocycles. The van der Waals surface area contributed by atoms with Crippen LogP contribution in [-0.4, -0.2) is 39.6 Å². The molecule has 2 aliphatic rings. The summed E-state index contributed by atoms with van der Waals surface area (Å²) < 4.78 is 10.6. The second-order valence-corrected chi connectivity index (χ2v) is 7.15. The number of hydrogen-bond donors (Lipinski definition) is 1. The van der Waals surface area contributed by atoms with Gasteiger partial charge in [-0.2, -0.15) is 4.98 Å². The maximum absolute atomic E-state index is 13.0. The van der Waals surface area contributed by atoms with Crippen LogP contribution in [0.15, 0.2) is 28.8 Å². The molecule has 3 amide bonds. The number of aromatic nitrogens is 2. The van der Waals surface area contributed by atoms with Gasteiger partial charge in [0.1, 0.15) is 17.8 Å². The van der Waals surface area contributed by atoms with Gasteiger partial charge in [0.05, 0.1) is 12.7 Å². The van der Waals surface area contributed by atoms with Crippen LogP contribution in [0.25, 0.3) is 11.4 Å². The van der Waals surface area contributed by atoms with E-state index >= 15 is 0 Å². The molecular weight excluding hydrogens is 348 g/mol. The molecule has 2 unspecified atom stereocenters. The van der Waals surface area contributed by atoms with Crippen molar-refractivity contribution >= 4 is 11.9 Å². The van der Waals surface area contributed by atoms with Gasteiger partial charge in [-0.1, -0.05) is 37.1 Å². The molecule has 2 atom stereocenters. The van der Waals surface area contributed by atoms with Crippen molar-refractivity contribution in [3.8, 4) is 17.1 Å². The summed E-state index contributed by atoms with van der Waals surface area (Å²) in [6.45, 7) is 1.98. The monoisotopic (exact) mass is 370 g/mol. The van der Waals surface area contributed by atoms with Gasteiger partial charge in [0.15, 0.2) is 0 Å². The summed E-state index contributed by atoms with van der Waals surface area (Å²) in [6.07, 6.45) is 3.62. The van der Waals surface area contributed by atoms with Gasteiger partial charge in [-0.3, -0.25) is 9.69 Å². The third-order valence-electron chi connectivity index (χ3n) is 5.61. The van der Waals surface area contributed by atoms with Crippen LogP contribution < -0.4 is 10.1 Å². The van der Waals surface area contributed by atoms with Crippen LogP contribution in [0.5, 0.6) is 5.75 Å². The molecule has 142 valence electrons. The lowest BCUT2D eigenvalue weighted by Gasteiger charge is -2.36. The van der Waals surface area contributed by atoms with Gasteiger partial charge >= 0.3 is 6.03 Å². The lowest BCUT2D eigenvalue weighted by Crippen LogP contribution is -2.53. The average Bonchev–Trinajstić information content (AvgIpc) is 3.24. The molecule has 0 bridgehead atoms. The number of amides is 3. The van der Waals surface area contributed by atoms with Crippen LogP contribution in [0.1, 0.15) is 38.5 Å². The van der Waals surface area contributed by atoms with E-state index in [0.717, 1.165) is 19.3 Å². The normalized spacial score (nSPS) is 25.1. The lowest BCUT2D eigenvalue weighted by atomic mass is 9.73. The highest BCUT2D eigenvalue weighted by Gasteiger charge is 2.55. The van der Waals surface area contributed by atoms with E-state index in [1.54, 1.807) is 13.2 Å². The highest BCUT2D eigenvalue weighted by atomic mass is 16.5. The van der Waals surface area contributed by atoms with Gasteiger partial charge in [0.2, 0.25) is 11.7 Å². The number of hydrogen-bond acceptors (Lipinski definition) is 6. The first-order chi connectivity index (χ1) is 13.0. The Labute approximate surface area is 156 Å². The van der Waals surface area contributed by atoms with Crippen LogP contribution in [0.3, 0.4) is 0 Å². The molecule has 27 heavy (non-hydrogen) atoms. The number of ether oxygens (including phenoxy) is 1. The zero-order chi connectivity index (χ0) is 19.0. The van der Waals surface area contributed by atoms with Crippen LogP contribution in [0.2, 0.25) is 0 Å². The first-order valence-electron chi connectivity index (χ1n) is 9.15. The Morgan fingerprint density at radius 1 is 1.33 bits per heavy atom. The molecule has 1 saturated carbocycles. The number of methoxy groups -OCH3 is 1. The Hall–Kier alpha value is -2.90. The number of para-hydroxylation sites is 1. The number of carbonyl (C=O) groups is 2. The fraction of sp³-hybridized carbons (Fsp3) is 0.474. The quantitative estimate of drug-likeness (QED) is 0.831. The Balaban J connectivity index is 1.56. The SMILES string of the molecule is COc1ccccc1-c1noc(CN2C(=O)NC3(CCCCC3C)C2=O)n1. The topological polar surface area (TPSA) is 97.6 Å². The number of rotatable bonds is 4. The predicted molar refractivity (Wildman–Crippen MR) is 95.7 cm³/mol. The van der Waals surface area contributed by atoms with E-state index in [0.29, 0.717) is 23.6 Å². The molecule has 1 saturated heterocycles. The highest BCUT2D eigenvalue weighted by Crippen LogP contribution is 2.38. The summed E-state index contributed by atoms with van der Waals surface area (Å²) in [6, 6.07) is 6.92. The molecule has 1 spiro atoms. The molecule has 1 N–H and O–H groups in total. The molecule has 2 fully saturated rings. The molecule has 1 aliphatic heterocycles. The van der Waals surface area contributed by atoms with Gasteiger partial charge in [0, 0.05) is 0 Å². The number of nitrogens with zero attached hydrogens (tertiary/aromatic N) is 3. The largest absolute Gasteiger partial charge is 0.496 e. The first-order valence-corrected chi connectivity index (χ1v) is 9.15. The second-order valence-electron chi connectivity index (χ2n) is 7.15. The van der Waals surface area contributed by atoms with Gasteiger partial charge in [-0.25, -0.2) is 4.79 Å². The standard InChI is InChI=1S/C19H22N4O4/c1-12-7-5-6-10-19(12)17(24)23(18(25)21-19)11-15-20-16(22-27-15)13-8-3-4-9-14(13)26-2/h3-4,8-9,12H,5-7,10-11H2,1-2H3,(H,21,25). The minimum Gasteiger partial charge on any atom is -0.496 e. The summed E-state index contributed by atoms with van der Waals surface area (Å²) in [7, 11) is 1.57. The summed E-state index contributed by atoms with van der Waals surface area (Å²) in [5.74, 6) is 1.10. The zero-order valence-corrected chi connectivity index (χ0v) is 15.4. The van der Waals surface area contributed by atoms with Crippen molar-refractivity contribution in [3.05, 3.63) is 30.2 Å². The minimum absolute atomic E-state index is 0.0404. The van der Waals surface area contributed by atoms with Crippen molar-refractivity contribution in [1.82, 2.24) is 20.4 Å². The lowest BCUT2D eigenvalue weighted by molar-refractivity contribution is -0.134. The number of carbonyl (C=O) groups excluding carboxylic acids is 2. The second kappa shape index (κ2) is 6.68. The summed E-state index contributed by atoms with van der Waals surface area (Å²) >= 11 is 0. The van der Waals surface area contributed by atoms with Crippen molar-refractivity contribution in [3.63, 3.8) is 0 Å². The van der Waals surface area contributed by atoms with Crippen molar-refractivity contribution in [2.75, 3.05) is 7.11 Å². The Kier molecular flexibility index (Phi) is 4.33. The molecule has 2 aromatic rings. The van der Waals surface area contributed by atoms with E-state index in [-0.39, 0.29) is 24.3 Å². The van der Waals surface area contributed by atoms with Crippen molar-refractivity contribution < 1.29 is 18.8 Å². The van der Waals surface area contributed by atoms with E-state index in [2.05, 4.69) is 15.5 Å².